The molecule has 156 valence electrons. The van der Waals surface area contributed by atoms with Crippen molar-refractivity contribution in [2.45, 2.75) is 17.7 Å². The molecule has 0 aliphatic heterocycles. The molecule has 0 bridgehead atoms. The molecule has 10 heteroatoms. The van der Waals surface area contributed by atoms with Crippen LogP contribution >= 0.6 is 23.4 Å². The summed E-state index contributed by atoms with van der Waals surface area (Å²) >= 11 is 7.21. The van der Waals surface area contributed by atoms with Crippen molar-refractivity contribution >= 4 is 40.8 Å². The summed E-state index contributed by atoms with van der Waals surface area (Å²) in [5.41, 5.74) is -0.272. The number of nitrogens with one attached hydrogen (secondary N) is 2. The van der Waals surface area contributed by atoms with Crippen LogP contribution in [0.25, 0.3) is 0 Å². The fraction of sp³-hybridized carbons (Fsp3) is 0.150. The molecule has 3 aromatic rings. The lowest BCUT2D eigenvalue weighted by molar-refractivity contribution is -0.137. The van der Waals surface area contributed by atoms with Crippen LogP contribution in [0.15, 0.2) is 66.0 Å². The van der Waals surface area contributed by atoms with Gasteiger partial charge in [0.25, 0.3) is 0 Å². The van der Waals surface area contributed by atoms with E-state index < -0.39 is 17.6 Å². The lowest BCUT2D eigenvalue weighted by Gasteiger charge is -2.13. The number of nitrogens with zero attached hydrogens (tertiary/aromatic N) is 2. The zero-order chi connectivity index (χ0) is 21.6. The predicted octanol–water partition coefficient (Wildman–Crippen LogP) is 5.49. The number of benzene rings is 2. The quantitative estimate of drug-likeness (QED) is 0.366. The fourth-order valence-electron chi connectivity index (χ4n) is 2.51. The number of carbonyl (C=O) groups is 1. The summed E-state index contributed by atoms with van der Waals surface area (Å²) in [6.45, 7) is 0.454. The molecule has 0 aliphatic rings. The van der Waals surface area contributed by atoms with Gasteiger partial charge in [-0.3, -0.25) is 4.79 Å². The molecule has 3 rings (SSSR count). The first kappa shape index (κ1) is 21.9. The molecule has 0 radical (unpaired) electrons. The zero-order valence-electron chi connectivity index (χ0n) is 15.4. The molecule has 2 aromatic carbocycles. The molecule has 30 heavy (non-hydrogen) atoms. The minimum Gasteiger partial charge on any atom is -0.366 e. The minimum atomic E-state index is -4.55. The van der Waals surface area contributed by atoms with Crippen LogP contribution in [-0.2, 0) is 17.5 Å². The van der Waals surface area contributed by atoms with Gasteiger partial charge in [-0.05, 0) is 23.8 Å². The molecular formula is C20H16ClF3N4OS. The standard InChI is InChI=1S/C20H16ClF3N4OS/c21-15-7-3-1-5-13(15)10-25-17-9-19(27-12-26-17)30-11-18(29)28-16-8-4-2-6-14(16)20(22,23)24/h1-9,12H,10-11H2,(H,28,29)(H,25,26,27). The summed E-state index contributed by atoms with van der Waals surface area (Å²) in [5, 5.41) is 6.56. The molecule has 0 atom stereocenters. The largest absolute Gasteiger partial charge is 0.418 e. The third kappa shape index (κ3) is 6.11. The third-order valence-electron chi connectivity index (χ3n) is 3.92. The molecule has 1 amide bonds. The van der Waals surface area contributed by atoms with Crippen molar-refractivity contribution < 1.29 is 18.0 Å². The molecule has 0 aliphatic carbocycles. The van der Waals surface area contributed by atoms with Crippen LogP contribution in [0.5, 0.6) is 0 Å². The van der Waals surface area contributed by atoms with Crippen LogP contribution in [0.3, 0.4) is 0 Å². The third-order valence-corrected chi connectivity index (χ3v) is 5.21. The summed E-state index contributed by atoms with van der Waals surface area (Å²) in [5.74, 6) is -0.135. The van der Waals surface area contributed by atoms with E-state index in [9.17, 15) is 18.0 Å². The second-order valence-corrected chi connectivity index (χ2v) is 7.47. The monoisotopic (exact) mass is 452 g/mol. The van der Waals surface area contributed by atoms with Gasteiger partial charge in [0, 0.05) is 17.6 Å². The minimum absolute atomic E-state index is 0.104. The number of amides is 1. The van der Waals surface area contributed by atoms with Gasteiger partial charge in [0.2, 0.25) is 5.91 Å². The Kier molecular flexibility index (Phi) is 7.17. The average Bonchev–Trinajstić information content (AvgIpc) is 2.72. The summed E-state index contributed by atoms with van der Waals surface area (Å²) in [6, 6.07) is 13.9. The number of alkyl halides is 3. The Hall–Kier alpha value is -2.78. The van der Waals surface area contributed by atoms with Crippen molar-refractivity contribution in [1.82, 2.24) is 9.97 Å². The molecule has 0 saturated heterocycles. The first-order valence-corrected chi connectivity index (χ1v) is 10.1. The van der Waals surface area contributed by atoms with Crippen molar-refractivity contribution in [1.29, 1.82) is 0 Å². The highest BCUT2D eigenvalue weighted by molar-refractivity contribution is 7.99. The van der Waals surface area contributed by atoms with Crippen LogP contribution in [-0.4, -0.2) is 21.6 Å². The summed E-state index contributed by atoms with van der Waals surface area (Å²) in [4.78, 5) is 20.3. The lowest BCUT2D eigenvalue weighted by Crippen LogP contribution is -2.18. The highest BCUT2D eigenvalue weighted by Gasteiger charge is 2.33. The number of halogens is 4. The van der Waals surface area contributed by atoms with E-state index in [0.717, 1.165) is 23.4 Å². The van der Waals surface area contributed by atoms with Gasteiger partial charge in [-0.25, -0.2) is 9.97 Å². The molecule has 1 heterocycles. The van der Waals surface area contributed by atoms with Crippen molar-refractivity contribution in [2.75, 3.05) is 16.4 Å². The van der Waals surface area contributed by atoms with Gasteiger partial charge >= 0.3 is 6.18 Å². The molecule has 0 unspecified atom stereocenters. The van der Waals surface area contributed by atoms with E-state index >= 15 is 0 Å². The zero-order valence-corrected chi connectivity index (χ0v) is 17.0. The van der Waals surface area contributed by atoms with Crippen LogP contribution in [0.2, 0.25) is 5.02 Å². The molecule has 0 spiro atoms. The van der Waals surface area contributed by atoms with E-state index in [0.29, 0.717) is 22.4 Å². The molecular weight excluding hydrogens is 437 g/mol. The molecule has 0 fully saturated rings. The molecule has 2 N–H and O–H groups in total. The SMILES string of the molecule is O=C(CSc1cc(NCc2ccccc2Cl)ncn1)Nc1ccccc1C(F)(F)F. The van der Waals surface area contributed by atoms with Crippen LogP contribution in [0.4, 0.5) is 24.7 Å². The predicted molar refractivity (Wildman–Crippen MR) is 112 cm³/mol. The summed E-state index contributed by atoms with van der Waals surface area (Å²) < 4.78 is 39.1. The van der Waals surface area contributed by atoms with E-state index in [4.69, 9.17) is 11.6 Å². The molecule has 1 aromatic heterocycles. The van der Waals surface area contributed by atoms with Gasteiger partial charge in [-0.15, -0.1) is 0 Å². The molecule has 0 saturated carbocycles. The normalized spacial score (nSPS) is 11.2. The lowest BCUT2D eigenvalue weighted by atomic mass is 10.1. The number of hydrogen-bond acceptors (Lipinski definition) is 5. The second kappa shape index (κ2) is 9.82. The number of anilines is 2. The number of thioether (sulfide) groups is 1. The topological polar surface area (TPSA) is 66.9 Å². The van der Waals surface area contributed by atoms with Crippen LogP contribution in [0.1, 0.15) is 11.1 Å². The Morgan fingerprint density at radius 2 is 1.80 bits per heavy atom. The summed E-state index contributed by atoms with van der Waals surface area (Å²) in [6.07, 6.45) is -3.21. The maximum Gasteiger partial charge on any atom is 0.418 e. The van der Waals surface area contributed by atoms with Crippen molar-refractivity contribution in [3.05, 3.63) is 77.1 Å². The van der Waals surface area contributed by atoms with Gasteiger partial charge in [0.05, 0.1) is 17.0 Å². The molecule has 5 nitrogen and oxygen atoms in total. The van der Waals surface area contributed by atoms with E-state index in [1.54, 1.807) is 12.1 Å². The number of para-hydroxylation sites is 1. The number of hydrogen-bond donors (Lipinski definition) is 2. The van der Waals surface area contributed by atoms with E-state index in [1.807, 2.05) is 18.2 Å². The maximum absolute atomic E-state index is 13.0. The van der Waals surface area contributed by atoms with Gasteiger partial charge in [0.15, 0.2) is 0 Å². The Morgan fingerprint density at radius 3 is 2.57 bits per heavy atom. The van der Waals surface area contributed by atoms with E-state index in [-0.39, 0.29) is 11.4 Å². The number of aromatic nitrogens is 2. The van der Waals surface area contributed by atoms with Crippen LogP contribution < -0.4 is 10.6 Å². The van der Waals surface area contributed by atoms with E-state index in [1.165, 1.54) is 24.5 Å². The van der Waals surface area contributed by atoms with E-state index in [2.05, 4.69) is 20.6 Å². The van der Waals surface area contributed by atoms with Crippen molar-refractivity contribution in [2.24, 2.45) is 0 Å². The maximum atomic E-state index is 13.0. The van der Waals surface area contributed by atoms with Gasteiger partial charge in [-0.1, -0.05) is 53.7 Å². The Balaban J connectivity index is 1.57. The Bertz CT molecular complexity index is 1030. The smallest absolute Gasteiger partial charge is 0.366 e. The van der Waals surface area contributed by atoms with Gasteiger partial charge in [-0.2, -0.15) is 13.2 Å². The first-order valence-electron chi connectivity index (χ1n) is 8.71. The second-order valence-electron chi connectivity index (χ2n) is 6.07. The highest BCUT2D eigenvalue weighted by atomic mass is 35.5. The van der Waals surface area contributed by atoms with Gasteiger partial charge < -0.3 is 10.6 Å². The van der Waals surface area contributed by atoms with Crippen molar-refractivity contribution in [3.8, 4) is 0 Å². The fourth-order valence-corrected chi connectivity index (χ4v) is 3.38. The Morgan fingerprint density at radius 1 is 1.07 bits per heavy atom. The van der Waals surface area contributed by atoms with Crippen LogP contribution in [0, 0.1) is 0 Å². The number of carbonyl (C=O) groups excluding carboxylic acids is 1. The number of rotatable bonds is 7. The first-order chi connectivity index (χ1) is 14.3. The van der Waals surface area contributed by atoms with Gasteiger partial charge in [0.1, 0.15) is 17.2 Å². The summed E-state index contributed by atoms with van der Waals surface area (Å²) in [7, 11) is 0. The van der Waals surface area contributed by atoms with Crippen molar-refractivity contribution in [3.63, 3.8) is 0 Å². The highest BCUT2D eigenvalue weighted by Crippen LogP contribution is 2.34. The average molecular weight is 453 g/mol. The Labute approximate surface area is 180 Å².